The number of rotatable bonds is 7. The van der Waals surface area contributed by atoms with Gasteiger partial charge in [-0.05, 0) is 41.5 Å². The fourth-order valence-corrected chi connectivity index (χ4v) is 4.64. The molecule has 0 spiro atoms. The lowest BCUT2D eigenvalue weighted by Gasteiger charge is -2.12. The van der Waals surface area contributed by atoms with Crippen LogP contribution in [0.1, 0.15) is 5.56 Å². The van der Waals surface area contributed by atoms with Gasteiger partial charge in [-0.3, -0.25) is 9.48 Å². The van der Waals surface area contributed by atoms with Crippen LogP contribution in [0, 0.1) is 17.1 Å². The van der Waals surface area contributed by atoms with Crippen LogP contribution in [0.3, 0.4) is 0 Å². The van der Waals surface area contributed by atoms with Crippen molar-refractivity contribution in [1.82, 2.24) is 19.3 Å². The second-order valence-electron chi connectivity index (χ2n) is 9.16. The predicted octanol–water partition coefficient (Wildman–Crippen LogP) is 6.18. The second-order valence-corrected chi connectivity index (χ2v) is 9.16. The van der Waals surface area contributed by atoms with E-state index in [1.165, 1.54) is 24.4 Å². The summed E-state index contributed by atoms with van der Waals surface area (Å²) in [6, 6.07) is 14.2. The van der Waals surface area contributed by atoms with E-state index in [-0.39, 0.29) is 28.9 Å². The highest BCUT2D eigenvalue weighted by atomic mass is 19.4. The zero-order valence-electron chi connectivity index (χ0n) is 21.9. The third kappa shape index (κ3) is 5.37. The quantitative estimate of drug-likeness (QED) is 0.177. The Morgan fingerprint density at radius 2 is 1.90 bits per heavy atom. The minimum Gasteiger partial charge on any atom is -0.434 e. The molecule has 0 aliphatic rings. The molecular formula is C29H21F4N7O2. The number of hydrogen-bond donors (Lipinski definition) is 2. The minimum atomic E-state index is -4.48. The molecule has 0 aliphatic heterocycles. The minimum absolute atomic E-state index is 0.117. The lowest BCUT2D eigenvalue weighted by molar-refractivity contribution is -0.142. The molecular weight excluding hydrogens is 554 g/mol. The summed E-state index contributed by atoms with van der Waals surface area (Å²) in [5.41, 5.74) is 9.65. The fraction of sp³-hybridized carbons (Fsp3) is 0.103. The molecule has 0 saturated carbocycles. The van der Waals surface area contributed by atoms with E-state index in [0.717, 1.165) is 12.3 Å². The number of amides is 1. The molecule has 5 rings (SSSR count). The molecule has 0 saturated heterocycles. The van der Waals surface area contributed by atoms with Crippen LogP contribution in [-0.4, -0.2) is 31.4 Å². The third-order valence-electron chi connectivity index (χ3n) is 6.36. The van der Waals surface area contributed by atoms with Gasteiger partial charge in [0.1, 0.15) is 18.4 Å². The van der Waals surface area contributed by atoms with Gasteiger partial charge in [0.25, 0.3) is 0 Å². The number of benzene rings is 2. The predicted molar refractivity (Wildman–Crippen MR) is 148 cm³/mol. The Balaban J connectivity index is 1.61. The Bertz CT molecular complexity index is 1880. The summed E-state index contributed by atoms with van der Waals surface area (Å²) in [7, 11) is 1.74. The highest BCUT2D eigenvalue weighted by molar-refractivity contribution is 6.10. The van der Waals surface area contributed by atoms with E-state index in [9.17, 15) is 23.2 Å². The number of nitrogen functional groups attached to an aromatic ring is 1. The standard InChI is InChI=1S/C29H21F4N7O2/c1-3-22(41)37-19-7-4-16(5-8-19)26-24(25-27(39(26)2)18(13-34)14-36-28(25)35)17-6-9-21(20(30)12-17)42-23-10-11-40(38-23)15-29(31,32)33/h3-12,14H,1,15H2,2H3,(H2,35,36)(H,37,41). The van der Waals surface area contributed by atoms with Gasteiger partial charge in [0, 0.05) is 36.8 Å². The number of nitrogens with one attached hydrogen (secondary N) is 1. The van der Waals surface area contributed by atoms with Crippen LogP contribution in [-0.2, 0) is 18.4 Å². The van der Waals surface area contributed by atoms with Gasteiger partial charge in [-0.15, -0.1) is 5.10 Å². The van der Waals surface area contributed by atoms with E-state index in [1.807, 2.05) is 0 Å². The third-order valence-corrected chi connectivity index (χ3v) is 6.36. The van der Waals surface area contributed by atoms with E-state index < -0.39 is 18.5 Å². The molecule has 212 valence electrons. The summed E-state index contributed by atoms with van der Waals surface area (Å²) < 4.78 is 61.2. The van der Waals surface area contributed by atoms with E-state index in [1.54, 1.807) is 41.9 Å². The first-order valence-corrected chi connectivity index (χ1v) is 12.3. The van der Waals surface area contributed by atoms with Crippen molar-refractivity contribution in [2.24, 2.45) is 7.05 Å². The lowest BCUT2D eigenvalue weighted by atomic mass is 9.97. The largest absolute Gasteiger partial charge is 0.434 e. The first-order chi connectivity index (χ1) is 20.0. The van der Waals surface area contributed by atoms with Crippen molar-refractivity contribution in [3.8, 4) is 40.1 Å². The van der Waals surface area contributed by atoms with Crippen LogP contribution >= 0.6 is 0 Å². The Morgan fingerprint density at radius 3 is 2.55 bits per heavy atom. The topological polar surface area (TPSA) is 124 Å². The number of anilines is 2. The molecule has 0 atom stereocenters. The average Bonchev–Trinajstić information content (AvgIpc) is 3.51. The molecule has 42 heavy (non-hydrogen) atoms. The molecule has 0 unspecified atom stereocenters. The molecule has 0 radical (unpaired) electrons. The summed E-state index contributed by atoms with van der Waals surface area (Å²) in [6.07, 6.45) is -0.901. The zero-order chi connectivity index (χ0) is 30.2. The number of hydrogen-bond acceptors (Lipinski definition) is 6. The molecule has 1 amide bonds. The second kappa shape index (κ2) is 10.7. The SMILES string of the molecule is C=CC(=O)Nc1ccc(-c2c(-c3ccc(Oc4ccn(CC(F)(F)F)n4)c(F)c3)c3c(N)ncc(C#N)c3n2C)cc1. The summed E-state index contributed by atoms with van der Waals surface area (Å²) in [4.78, 5) is 15.9. The molecule has 3 N–H and O–H groups in total. The summed E-state index contributed by atoms with van der Waals surface area (Å²) in [5, 5.41) is 16.6. The number of nitrogens with zero attached hydrogens (tertiary/aromatic N) is 5. The van der Waals surface area contributed by atoms with Gasteiger partial charge >= 0.3 is 6.18 Å². The van der Waals surface area contributed by atoms with Gasteiger partial charge in [0.05, 0.1) is 22.2 Å². The van der Waals surface area contributed by atoms with E-state index in [2.05, 4.69) is 28.0 Å². The number of ether oxygens (including phenoxy) is 1. The van der Waals surface area contributed by atoms with Crippen LogP contribution < -0.4 is 15.8 Å². The van der Waals surface area contributed by atoms with Crippen molar-refractivity contribution in [1.29, 1.82) is 5.26 Å². The number of carbonyl (C=O) groups is 1. The molecule has 0 bridgehead atoms. The first-order valence-electron chi connectivity index (χ1n) is 12.3. The van der Waals surface area contributed by atoms with Gasteiger partial charge in [-0.25, -0.2) is 9.37 Å². The molecule has 3 heterocycles. The van der Waals surface area contributed by atoms with Crippen LogP contribution in [0.25, 0.3) is 33.3 Å². The van der Waals surface area contributed by atoms with Crippen molar-refractivity contribution < 1.29 is 27.1 Å². The number of aryl methyl sites for hydroxylation is 1. The number of alkyl halides is 3. The van der Waals surface area contributed by atoms with Gasteiger partial charge < -0.3 is 20.4 Å². The monoisotopic (exact) mass is 575 g/mol. The molecule has 13 heteroatoms. The van der Waals surface area contributed by atoms with Crippen LogP contribution in [0.15, 0.2) is 73.6 Å². The molecule has 0 aliphatic carbocycles. The number of aromatic nitrogens is 4. The summed E-state index contributed by atoms with van der Waals surface area (Å²) in [6.45, 7) is 2.12. The van der Waals surface area contributed by atoms with Crippen molar-refractivity contribution in [3.05, 3.63) is 85.0 Å². The Kier molecular flexibility index (Phi) is 7.13. The van der Waals surface area contributed by atoms with Crippen LogP contribution in [0.5, 0.6) is 11.6 Å². The molecule has 2 aromatic carbocycles. The van der Waals surface area contributed by atoms with Gasteiger partial charge in [0.2, 0.25) is 11.8 Å². The molecule has 0 fully saturated rings. The van der Waals surface area contributed by atoms with Gasteiger partial charge in [0.15, 0.2) is 11.6 Å². The maximum absolute atomic E-state index is 15.4. The van der Waals surface area contributed by atoms with Gasteiger partial charge in [-0.1, -0.05) is 24.8 Å². The van der Waals surface area contributed by atoms with E-state index in [0.29, 0.717) is 43.7 Å². The molecule has 9 nitrogen and oxygen atoms in total. The Labute approximate surface area is 236 Å². The van der Waals surface area contributed by atoms with E-state index in [4.69, 9.17) is 10.5 Å². The van der Waals surface area contributed by atoms with Crippen LogP contribution in [0.2, 0.25) is 0 Å². The zero-order valence-corrected chi connectivity index (χ0v) is 21.9. The smallest absolute Gasteiger partial charge is 0.408 e. The Morgan fingerprint density at radius 1 is 1.19 bits per heavy atom. The van der Waals surface area contributed by atoms with Crippen LogP contribution in [0.4, 0.5) is 29.1 Å². The number of halogens is 4. The lowest BCUT2D eigenvalue weighted by Crippen LogP contribution is -2.17. The van der Waals surface area contributed by atoms with Gasteiger partial charge in [-0.2, -0.15) is 18.4 Å². The van der Waals surface area contributed by atoms with Crippen molar-refractivity contribution >= 4 is 28.3 Å². The van der Waals surface area contributed by atoms with Crippen molar-refractivity contribution in [2.45, 2.75) is 12.7 Å². The highest BCUT2D eigenvalue weighted by Crippen LogP contribution is 2.44. The number of carbonyl (C=O) groups excluding carboxylic acids is 1. The van der Waals surface area contributed by atoms with E-state index >= 15 is 4.39 Å². The normalized spacial score (nSPS) is 11.3. The molecule has 5 aromatic rings. The Hall–Kier alpha value is -5.64. The maximum atomic E-state index is 15.4. The van der Waals surface area contributed by atoms with Crippen molar-refractivity contribution in [3.63, 3.8) is 0 Å². The highest BCUT2D eigenvalue weighted by Gasteiger charge is 2.29. The number of pyridine rings is 1. The first kappa shape index (κ1) is 27.9. The average molecular weight is 576 g/mol. The number of fused-ring (bicyclic) bond motifs is 1. The fourth-order valence-electron chi connectivity index (χ4n) is 4.64. The summed E-state index contributed by atoms with van der Waals surface area (Å²) in [5.74, 6) is -1.55. The maximum Gasteiger partial charge on any atom is 0.408 e. The number of nitriles is 1. The van der Waals surface area contributed by atoms with Crippen molar-refractivity contribution in [2.75, 3.05) is 11.1 Å². The summed E-state index contributed by atoms with van der Waals surface area (Å²) >= 11 is 0. The number of nitrogens with two attached hydrogens (primary N) is 1. The molecule has 3 aromatic heterocycles.